The topological polar surface area (TPSA) is 101 Å². The van der Waals surface area contributed by atoms with Crippen molar-refractivity contribution in [3.8, 4) is 5.75 Å². The van der Waals surface area contributed by atoms with Crippen molar-refractivity contribution in [2.75, 3.05) is 25.5 Å². The molecule has 10 heteroatoms. The number of pyridine rings is 1. The molecule has 3 amide bonds. The van der Waals surface area contributed by atoms with Crippen LogP contribution >= 0.6 is 23.2 Å². The molecule has 0 spiro atoms. The van der Waals surface area contributed by atoms with Crippen LogP contribution in [0.2, 0.25) is 10.0 Å². The number of ether oxygens (including phenoxy) is 1. The van der Waals surface area contributed by atoms with Crippen molar-refractivity contribution in [2.24, 2.45) is 0 Å². The summed E-state index contributed by atoms with van der Waals surface area (Å²) < 4.78 is 6.10. The van der Waals surface area contributed by atoms with E-state index in [4.69, 9.17) is 27.9 Å². The number of nitrogens with zero attached hydrogens (tertiary/aromatic N) is 2. The Bertz CT molecular complexity index is 1690. The largest absolute Gasteiger partial charge is 0.487 e. The van der Waals surface area contributed by atoms with E-state index in [1.165, 1.54) is 11.0 Å². The van der Waals surface area contributed by atoms with Crippen LogP contribution in [0, 0.1) is 13.8 Å². The van der Waals surface area contributed by atoms with Crippen molar-refractivity contribution in [1.82, 2.24) is 15.6 Å². The number of hydrogen-bond acceptors (Lipinski definition) is 5. The minimum absolute atomic E-state index is 0.0624. The third-order valence-electron chi connectivity index (χ3n) is 6.77. The molecule has 0 saturated heterocycles. The van der Waals surface area contributed by atoms with Gasteiger partial charge in [0, 0.05) is 47.4 Å². The maximum Gasteiger partial charge on any atom is 0.251 e. The fourth-order valence-electron chi connectivity index (χ4n) is 4.15. The van der Waals surface area contributed by atoms with Crippen LogP contribution in [0.3, 0.4) is 0 Å². The van der Waals surface area contributed by atoms with Crippen LogP contribution in [0.15, 0.2) is 66.7 Å². The molecular formula is C32H30Cl2N4O4. The van der Waals surface area contributed by atoms with Gasteiger partial charge < -0.3 is 20.3 Å². The summed E-state index contributed by atoms with van der Waals surface area (Å²) in [7, 11) is 3.12. The number of carbonyl (C=O) groups is 3. The number of rotatable bonds is 9. The van der Waals surface area contributed by atoms with E-state index >= 15 is 0 Å². The normalized spacial score (nSPS) is 11.0. The molecule has 4 rings (SSSR count). The lowest BCUT2D eigenvalue weighted by molar-refractivity contribution is -0.122. The Balaban J connectivity index is 1.40. The molecule has 0 aliphatic rings. The number of carbonyl (C=O) groups excluding carboxylic acids is 3. The number of amides is 3. The lowest BCUT2D eigenvalue weighted by atomic mass is 10.1. The van der Waals surface area contributed by atoms with Crippen molar-refractivity contribution < 1.29 is 19.1 Å². The first-order valence-corrected chi connectivity index (χ1v) is 13.9. The molecule has 0 radical (unpaired) electrons. The van der Waals surface area contributed by atoms with Gasteiger partial charge in [0.2, 0.25) is 11.8 Å². The summed E-state index contributed by atoms with van der Waals surface area (Å²) in [6.45, 7) is 3.77. The molecule has 0 aliphatic heterocycles. The van der Waals surface area contributed by atoms with Crippen molar-refractivity contribution in [1.29, 1.82) is 0 Å². The molecule has 3 aromatic carbocycles. The highest BCUT2D eigenvalue weighted by atomic mass is 35.5. The van der Waals surface area contributed by atoms with Gasteiger partial charge in [-0.2, -0.15) is 0 Å². The first kappa shape index (κ1) is 30.6. The number of halogens is 2. The van der Waals surface area contributed by atoms with Gasteiger partial charge in [-0.1, -0.05) is 47.5 Å². The van der Waals surface area contributed by atoms with E-state index in [1.807, 2.05) is 32.0 Å². The zero-order chi connectivity index (χ0) is 30.4. The maximum absolute atomic E-state index is 12.9. The van der Waals surface area contributed by atoms with Crippen molar-refractivity contribution in [2.45, 2.75) is 20.5 Å². The highest BCUT2D eigenvalue weighted by molar-refractivity contribution is 6.38. The first-order chi connectivity index (χ1) is 20.1. The number of anilines is 1. The fraction of sp³-hybridized carbons (Fsp3) is 0.188. The van der Waals surface area contributed by atoms with Crippen LogP contribution in [0.5, 0.6) is 5.75 Å². The summed E-state index contributed by atoms with van der Waals surface area (Å²) in [4.78, 5) is 42.9. The van der Waals surface area contributed by atoms with E-state index in [-0.39, 0.29) is 30.0 Å². The van der Waals surface area contributed by atoms with Crippen LogP contribution in [0.1, 0.15) is 32.7 Å². The smallest absolute Gasteiger partial charge is 0.251 e. The fourth-order valence-corrected chi connectivity index (χ4v) is 4.75. The molecule has 2 N–H and O–H groups in total. The quantitative estimate of drug-likeness (QED) is 0.232. The Morgan fingerprint density at radius 3 is 2.48 bits per heavy atom. The number of fused-ring (bicyclic) bond motifs is 1. The molecule has 0 aliphatic carbocycles. The second-order valence-corrected chi connectivity index (χ2v) is 10.4. The summed E-state index contributed by atoms with van der Waals surface area (Å²) in [6.07, 6.45) is 2.91. The molecule has 1 aromatic heterocycles. The molecular weight excluding hydrogens is 575 g/mol. The molecule has 0 bridgehead atoms. The standard InChI is InChI=1S/C32H30Cl2N4O4/c1-19-16-23-6-5-7-27(31(23)37-20(19)2)42-18-24-25(33)13-14-26(30(24)34)38(4)29(40)17-36-28(39)15-10-21-8-11-22(12-9-21)32(41)35-3/h5-16H,17-18H2,1-4H3,(H,35,41)(H,36,39)/b15-10+. The Hall–Kier alpha value is -4.40. The third-order valence-corrected chi connectivity index (χ3v) is 7.54. The van der Waals surface area contributed by atoms with E-state index in [0.29, 0.717) is 27.6 Å². The zero-order valence-corrected chi connectivity index (χ0v) is 25.1. The Kier molecular flexibility index (Phi) is 9.83. The first-order valence-electron chi connectivity index (χ1n) is 13.1. The number of aryl methyl sites for hydroxylation is 2. The Labute approximate surface area is 254 Å². The van der Waals surface area contributed by atoms with E-state index in [2.05, 4.69) is 21.7 Å². The average Bonchev–Trinajstić information content (AvgIpc) is 2.99. The lowest BCUT2D eigenvalue weighted by Crippen LogP contribution is -2.37. The van der Waals surface area contributed by atoms with Crippen LogP contribution < -0.4 is 20.3 Å². The summed E-state index contributed by atoms with van der Waals surface area (Å²) in [5, 5.41) is 6.75. The van der Waals surface area contributed by atoms with Crippen LogP contribution in [0.4, 0.5) is 5.69 Å². The highest BCUT2D eigenvalue weighted by Gasteiger charge is 2.19. The van der Waals surface area contributed by atoms with Gasteiger partial charge >= 0.3 is 0 Å². The minimum Gasteiger partial charge on any atom is -0.487 e. The van der Waals surface area contributed by atoms with Gasteiger partial charge in [0.15, 0.2) is 0 Å². The third kappa shape index (κ3) is 7.08. The second-order valence-electron chi connectivity index (χ2n) is 9.57. The number of likely N-dealkylation sites (N-methyl/N-ethyl adjacent to an activating group) is 1. The van der Waals surface area contributed by atoms with Gasteiger partial charge in [-0.3, -0.25) is 14.4 Å². The number of para-hydroxylation sites is 1. The minimum atomic E-state index is -0.447. The predicted octanol–water partition coefficient (Wildman–Crippen LogP) is 5.89. The molecule has 0 fully saturated rings. The summed E-state index contributed by atoms with van der Waals surface area (Å²) in [5.41, 5.74) is 4.93. The van der Waals surface area contributed by atoms with Crippen molar-refractivity contribution >= 4 is 63.6 Å². The van der Waals surface area contributed by atoms with Gasteiger partial charge in [0.25, 0.3) is 5.91 Å². The number of nitrogens with one attached hydrogen (secondary N) is 2. The van der Waals surface area contributed by atoms with Crippen molar-refractivity contribution in [3.63, 3.8) is 0 Å². The van der Waals surface area contributed by atoms with E-state index in [0.717, 1.165) is 27.7 Å². The molecule has 216 valence electrons. The predicted molar refractivity (Wildman–Crippen MR) is 167 cm³/mol. The highest BCUT2D eigenvalue weighted by Crippen LogP contribution is 2.35. The van der Waals surface area contributed by atoms with E-state index in [1.54, 1.807) is 56.6 Å². The molecule has 0 unspecified atom stereocenters. The van der Waals surface area contributed by atoms with Crippen molar-refractivity contribution in [3.05, 3.63) is 105 Å². The summed E-state index contributed by atoms with van der Waals surface area (Å²) in [6, 6.07) is 17.8. The number of aromatic nitrogens is 1. The van der Waals surface area contributed by atoms with E-state index < -0.39 is 5.91 Å². The zero-order valence-electron chi connectivity index (χ0n) is 23.6. The molecule has 1 heterocycles. The average molecular weight is 606 g/mol. The monoisotopic (exact) mass is 604 g/mol. The van der Waals surface area contributed by atoms with Gasteiger partial charge in [-0.15, -0.1) is 0 Å². The summed E-state index contributed by atoms with van der Waals surface area (Å²) >= 11 is 13.2. The molecule has 42 heavy (non-hydrogen) atoms. The summed E-state index contributed by atoms with van der Waals surface area (Å²) in [5.74, 6) is -0.432. The van der Waals surface area contributed by atoms with Crippen LogP contribution in [0.25, 0.3) is 17.0 Å². The van der Waals surface area contributed by atoms with Gasteiger partial charge in [-0.05, 0) is 67.4 Å². The maximum atomic E-state index is 12.9. The Morgan fingerprint density at radius 1 is 1.02 bits per heavy atom. The lowest BCUT2D eigenvalue weighted by Gasteiger charge is -2.21. The van der Waals surface area contributed by atoms with E-state index in [9.17, 15) is 14.4 Å². The molecule has 0 saturated carbocycles. The molecule has 0 atom stereocenters. The SMILES string of the molecule is CNC(=O)c1ccc(/C=C/C(=O)NCC(=O)N(C)c2ccc(Cl)c(COc3cccc4cc(C)c(C)nc34)c2Cl)cc1. The van der Waals surface area contributed by atoms with Crippen LogP contribution in [-0.4, -0.2) is 43.3 Å². The molecule has 8 nitrogen and oxygen atoms in total. The number of benzene rings is 3. The van der Waals surface area contributed by atoms with Crippen LogP contribution in [-0.2, 0) is 16.2 Å². The van der Waals surface area contributed by atoms with Gasteiger partial charge in [0.05, 0.1) is 17.3 Å². The van der Waals surface area contributed by atoms with Gasteiger partial charge in [-0.25, -0.2) is 4.98 Å². The van der Waals surface area contributed by atoms with Gasteiger partial charge in [0.1, 0.15) is 17.9 Å². The second kappa shape index (κ2) is 13.5. The Morgan fingerprint density at radius 2 is 1.76 bits per heavy atom. The molecule has 4 aromatic rings. The number of hydrogen-bond donors (Lipinski definition) is 2.